The van der Waals surface area contributed by atoms with Crippen LogP contribution in [0.25, 0.3) is 0 Å². The van der Waals surface area contributed by atoms with Gasteiger partial charge in [0, 0.05) is 6.54 Å². The second kappa shape index (κ2) is 4.65. The topological polar surface area (TPSA) is 57.6 Å². The first-order chi connectivity index (χ1) is 8.33. The highest BCUT2D eigenvalue weighted by molar-refractivity contribution is 6.05. The Morgan fingerprint density at radius 2 is 1.72 bits per heavy atom. The number of likely N-dealkylation sites (tertiary alicyclic amines) is 1. The van der Waals surface area contributed by atoms with Gasteiger partial charge < -0.3 is 5.11 Å². The molecule has 0 aromatic rings. The normalized spacial score (nSPS) is 32.2. The SMILES string of the molecule is CCC1CC2C(=O)N(CCC(C)(C)O)C(=O)C2C1. The number of imide groups is 1. The minimum absolute atomic E-state index is 0.00907. The number of aliphatic hydroxyl groups is 1. The van der Waals surface area contributed by atoms with Crippen LogP contribution in [0.2, 0.25) is 0 Å². The number of hydrogen-bond acceptors (Lipinski definition) is 3. The summed E-state index contributed by atoms with van der Waals surface area (Å²) in [5, 5.41) is 9.68. The van der Waals surface area contributed by atoms with Crippen molar-refractivity contribution in [3.8, 4) is 0 Å². The number of carbonyl (C=O) groups excluding carboxylic acids is 2. The molecule has 0 spiro atoms. The molecule has 4 nitrogen and oxygen atoms in total. The summed E-state index contributed by atoms with van der Waals surface area (Å²) in [6, 6.07) is 0. The van der Waals surface area contributed by atoms with Crippen molar-refractivity contribution in [2.45, 2.75) is 52.1 Å². The molecule has 2 aliphatic rings. The van der Waals surface area contributed by atoms with Gasteiger partial charge >= 0.3 is 0 Å². The number of carbonyl (C=O) groups is 2. The van der Waals surface area contributed by atoms with Gasteiger partial charge in [-0.05, 0) is 39.0 Å². The molecule has 2 fully saturated rings. The number of nitrogens with zero attached hydrogens (tertiary/aromatic N) is 1. The Hall–Kier alpha value is -0.900. The van der Waals surface area contributed by atoms with Gasteiger partial charge in [-0.15, -0.1) is 0 Å². The van der Waals surface area contributed by atoms with Crippen molar-refractivity contribution in [1.29, 1.82) is 0 Å². The maximum atomic E-state index is 12.2. The standard InChI is InChI=1S/C14H23NO3/c1-4-9-7-10-11(8-9)13(17)15(12(10)16)6-5-14(2,3)18/h9-11,18H,4-8H2,1-3H3. The zero-order valence-electron chi connectivity index (χ0n) is 11.5. The van der Waals surface area contributed by atoms with Gasteiger partial charge in [-0.3, -0.25) is 14.5 Å². The van der Waals surface area contributed by atoms with Crippen LogP contribution in [-0.4, -0.2) is 34.0 Å². The van der Waals surface area contributed by atoms with Gasteiger partial charge in [-0.25, -0.2) is 0 Å². The fourth-order valence-corrected chi connectivity index (χ4v) is 3.14. The fourth-order valence-electron chi connectivity index (χ4n) is 3.14. The highest BCUT2D eigenvalue weighted by Gasteiger charge is 2.52. The lowest BCUT2D eigenvalue weighted by atomic mass is 10.00. The van der Waals surface area contributed by atoms with E-state index in [4.69, 9.17) is 0 Å². The summed E-state index contributed by atoms with van der Waals surface area (Å²) in [5.41, 5.74) is -0.829. The minimum Gasteiger partial charge on any atom is -0.390 e. The van der Waals surface area contributed by atoms with E-state index < -0.39 is 5.60 Å². The fraction of sp³-hybridized carbons (Fsp3) is 0.857. The zero-order chi connectivity index (χ0) is 13.5. The van der Waals surface area contributed by atoms with Crippen LogP contribution in [0.3, 0.4) is 0 Å². The van der Waals surface area contributed by atoms with E-state index in [9.17, 15) is 14.7 Å². The molecule has 2 atom stereocenters. The molecule has 1 aliphatic carbocycles. The Bertz CT molecular complexity index is 335. The van der Waals surface area contributed by atoms with Crippen molar-refractivity contribution in [1.82, 2.24) is 4.90 Å². The molecule has 0 radical (unpaired) electrons. The van der Waals surface area contributed by atoms with Crippen molar-refractivity contribution in [3.63, 3.8) is 0 Å². The smallest absolute Gasteiger partial charge is 0.233 e. The van der Waals surface area contributed by atoms with E-state index in [1.54, 1.807) is 13.8 Å². The molecule has 1 aliphatic heterocycles. The predicted octanol–water partition coefficient (Wildman–Crippen LogP) is 1.57. The van der Waals surface area contributed by atoms with Gasteiger partial charge in [0.25, 0.3) is 0 Å². The minimum atomic E-state index is -0.829. The van der Waals surface area contributed by atoms with Gasteiger partial charge in [0.05, 0.1) is 17.4 Å². The number of amides is 2. The van der Waals surface area contributed by atoms with E-state index in [-0.39, 0.29) is 23.7 Å². The predicted molar refractivity (Wildman–Crippen MR) is 67.6 cm³/mol. The second-order valence-electron chi connectivity index (χ2n) is 6.35. The van der Waals surface area contributed by atoms with Crippen molar-refractivity contribution < 1.29 is 14.7 Å². The highest BCUT2D eigenvalue weighted by Crippen LogP contribution is 2.44. The lowest BCUT2D eigenvalue weighted by Crippen LogP contribution is -2.36. The molecule has 2 unspecified atom stereocenters. The molecule has 0 aromatic carbocycles. The van der Waals surface area contributed by atoms with Gasteiger partial charge in [-0.1, -0.05) is 13.3 Å². The lowest BCUT2D eigenvalue weighted by molar-refractivity contribution is -0.141. The van der Waals surface area contributed by atoms with Crippen molar-refractivity contribution in [3.05, 3.63) is 0 Å². The molecule has 1 saturated heterocycles. The van der Waals surface area contributed by atoms with Crippen LogP contribution in [-0.2, 0) is 9.59 Å². The third-order valence-electron chi connectivity index (χ3n) is 4.35. The highest BCUT2D eigenvalue weighted by atomic mass is 16.3. The van der Waals surface area contributed by atoms with Gasteiger partial charge in [0.2, 0.25) is 11.8 Å². The van der Waals surface area contributed by atoms with Crippen molar-refractivity contribution in [2.75, 3.05) is 6.54 Å². The molecule has 2 amide bonds. The Kier molecular flexibility index (Phi) is 3.49. The average Bonchev–Trinajstić information content (AvgIpc) is 2.78. The largest absolute Gasteiger partial charge is 0.390 e. The van der Waals surface area contributed by atoms with Gasteiger partial charge in [0.1, 0.15) is 0 Å². The van der Waals surface area contributed by atoms with Crippen LogP contribution in [0.1, 0.15) is 46.5 Å². The number of rotatable bonds is 4. The van der Waals surface area contributed by atoms with Crippen LogP contribution in [0.15, 0.2) is 0 Å². The van der Waals surface area contributed by atoms with E-state index in [1.165, 1.54) is 4.90 Å². The molecular formula is C14H23NO3. The molecule has 2 rings (SSSR count). The Morgan fingerprint density at radius 1 is 1.22 bits per heavy atom. The van der Waals surface area contributed by atoms with Crippen LogP contribution < -0.4 is 0 Å². The molecule has 1 heterocycles. The third-order valence-corrected chi connectivity index (χ3v) is 4.35. The van der Waals surface area contributed by atoms with Crippen molar-refractivity contribution in [2.24, 2.45) is 17.8 Å². The monoisotopic (exact) mass is 253 g/mol. The lowest BCUT2D eigenvalue weighted by Gasteiger charge is -2.22. The van der Waals surface area contributed by atoms with Crippen LogP contribution in [0.4, 0.5) is 0 Å². The molecule has 1 N–H and O–H groups in total. The Morgan fingerprint density at radius 3 is 2.11 bits per heavy atom. The van der Waals surface area contributed by atoms with E-state index in [0.717, 1.165) is 19.3 Å². The average molecular weight is 253 g/mol. The summed E-state index contributed by atoms with van der Waals surface area (Å²) >= 11 is 0. The summed E-state index contributed by atoms with van der Waals surface area (Å²) in [5.74, 6) is 0.355. The molecule has 18 heavy (non-hydrogen) atoms. The first-order valence-electron chi connectivity index (χ1n) is 6.91. The second-order valence-corrected chi connectivity index (χ2v) is 6.35. The van der Waals surface area contributed by atoms with E-state index in [1.807, 2.05) is 0 Å². The van der Waals surface area contributed by atoms with E-state index in [2.05, 4.69) is 6.92 Å². The molecule has 1 saturated carbocycles. The molecule has 0 bridgehead atoms. The summed E-state index contributed by atoms with van der Waals surface area (Å²) in [7, 11) is 0. The molecule has 0 aromatic heterocycles. The Labute approximate surface area is 108 Å². The third kappa shape index (κ3) is 2.44. The molecule has 102 valence electrons. The van der Waals surface area contributed by atoms with Crippen LogP contribution >= 0.6 is 0 Å². The Balaban J connectivity index is 2.01. The van der Waals surface area contributed by atoms with E-state index >= 15 is 0 Å². The first kappa shape index (κ1) is 13.5. The molecule has 4 heteroatoms. The van der Waals surface area contributed by atoms with Gasteiger partial charge in [-0.2, -0.15) is 0 Å². The zero-order valence-corrected chi connectivity index (χ0v) is 11.5. The summed E-state index contributed by atoms with van der Waals surface area (Å²) in [6.45, 7) is 5.87. The van der Waals surface area contributed by atoms with Crippen LogP contribution in [0, 0.1) is 17.8 Å². The first-order valence-corrected chi connectivity index (χ1v) is 6.91. The summed E-state index contributed by atoms with van der Waals surface area (Å²) < 4.78 is 0. The number of fused-ring (bicyclic) bond motifs is 1. The maximum absolute atomic E-state index is 12.2. The van der Waals surface area contributed by atoms with Crippen molar-refractivity contribution >= 4 is 11.8 Å². The van der Waals surface area contributed by atoms with E-state index in [0.29, 0.717) is 18.9 Å². The van der Waals surface area contributed by atoms with Crippen LogP contribution in [0.5, 0.6) is 0 Å². The summed E-state index contributed by atoms with van der Waals surface area (Å²) in [4.78, 5) is 25.8. The maximum Gasteiger partial charge on any atom is 0.233 e. The number of hydrogen-bond donors (Lipinski definition) is 1. The summed E-state index contributed by atoms with van der Waals surface area (Å²) in [6.07, 6.45) is 3.23. The van der Waals surface area contributed by atoms with Gasteiger partial charge in [0.15, 0.2) is 0 Å². The molecular weight excluding hydrogens is 230 g/mol. The quantitative estimate of drug-likeness (QED) is 0.774.